The van der Waals surface area contributed by atoms with Crippen molar-refractivity contribution in [1.82, 2.24) is 0 Å². The summed E-state index contributed by atoms with van der Waals surface area (Å²) in [6, 6.07) is -3.42. The summed E-state index contributed by atoms with van der Waals surface area (Å²) in [4.78, 5) is 0. The van der Waals surface area contributed by atoms with Crippen LogP contribution in [0.2, 0.25) is 0 Å². The minimum absolute atomic E-state index is 0.915. The molecule has 10 heterocycles. The highest BCUT2D eigenvalue weighted by atomic mass is 16.8. The molecule has 0 saturated carbocycles. The van der Waals surface area contributed by atoms with E-state index in [-0.39, 0.29) is 0 Å². The summed E-state index contributed by atoms with van der Waals surface area (Å²) in [5.74, 6) is 0. The van der Waals surface area contributed by atoms with E-state index >= 15 is 0 Å². The summed E-state index contributed by atoms with van der Waals surface area (Å²) in [6.45, 7) is -10.8. The van der Waals surface area contributed by atoms with Gasteiger partial charge in [0.2, 0.25) is 0 Å². The van der Waals surface area contributed by atoms with Crippen molar-refractivity contribution in [2.45, 2.75) is 307 Å². The molecule has 0 amide bonds. The molecule has 0 aliphatic carbocycles. The van der Waals surface area contributed by atoms with Crippen LogP contribution in [0.4, 0.5) is 0 Å². The molecule has 0 unspecified atom stereocenters. The van der Waals surface area contributed by atoms with Crippen molar-refractivity contribution in [1.29, 1.82) is 0 Å². The summed E-state index contributed by atoms with van der Waals surface area (Å²) in [6.07, 6.45) is -101. The summed E-state index contributed by atoms with van der Waals surface area (Å²) < 4.78 is 110. The van der Waals surface area contributed by atoms with E-state index in [2.05, 4.69) is 0 Å². The molecule has 111 heavy (non-hydrogen) atoms. The minimum atomic E-state index is -2.56. The fourth-order valence-corrected chi connectivity index (χ4v) is 14.3. The Labute approximate surface area is 626 Å². The van der Waals surface area contributed by atoms with Crippen molar-refractivity contribution < 1.29 is 243 Å². The highest BCUT2D eigenvalue weighted by molar-refractivity contribution is 5.04. The number of ether oxygens (including phenoxy) is 19. The Hall–Kier alpha value is -2.04. The van der Waals surface area contributed by atoms with E-state index in [9.17, 15) is 153 Å². The van der Waals surface area contributed by atoms with Crippen molar-refractivity contribution >= 4 is 0 Å². The second-order valence-electron chi connectivity index (χ2n) is 28.2. The lowest BCUT2D eigenvalue weighted by Gasteiger charge is -2.51. The third-order valence-electron chi connectivity index (χ3n) is 21.0. The molecular weight excluding hydrogens is 1530 g/mol. The van der Waals surface area contributed by atoms with Gasteiger partial charge in [0, 0.05) is 0 Å². The third kappa shape index (κ3) is 19.1. The number of hydrogen-bond acceptors (Lipinski definition) is 51. The Kier molecular flexibility index (Phi) is 32.4. The summed E-state index contributed by atoms with van der Waals surface area (Å²) in [5, 5.41) is 329. The molecular formula is C60H104N2O49. The monoisotopic (exact) mass is 1640 g/mol. The molecule has 648 valence electrons. The predicted octanol–water partition coefficient (Wildman–Crippen LogP) is -22.9. The number of aliphatic hydroxyl groups excluding tert-OH is 30. The molecule has 34 N–H and O–H groups in total. The molecule has 10 aliphatic rings. The molecule has 10 fully saturated rings. The SMILES string of the molecule is N[C@@H]1[C@@H](O)[C@H](O[C@@H]2O[C@H](CO)[C@@H](O[C@@H]3O[C@H](CO[C@H]4O[C@H](CO[C@H]5O[C@H](CO)[C@@H](O)[C@H](O)[C@@H]5O)[C@@H](O)[C@H](O[C@H]5O[C@H](CO)[C@@H](O)[C@H](O)[C@@H]5O[C@H]5O[C@@H]([C@H](O)CO)[C@H](O)[C@H]5O)[C@@H]4O)[C@@H](O)[C@H](O[C@H]4O[C@H](CO)[C@@H](O)[C@H](O)[C@@H]4O[C@H]4O[C@H](CO)[C@@H](O)[C@H](O)[C@@H]4O[C@H]4O[C@H](CO)[C@@H](O)[C@H](O)[C@@H]4O)[C@@H]3O)[C@H](O)[C@H]2N)[C@@H](CO)O[C@H]1O. The summed E-state index contributed by atoms with van der Waals surface area (Å²) in [7, 11) is 0. The molecule has 10 saturated heterocycles. The molecule has 0 aromatic rings. The van der Waals surface area contributed by atoms with E-state index < -0.39 is 373 Å². The van der Waals surface area contributed by atoms with Crippen molar-refractivity contribution in [2.24, 2.45) is 11.5 Å². The first kappa shape index (κ1) is 91.3. The highest BCUT2D eigenvalue weighted by Crippen LogP contribution is 2.40. The van der Waals surface area contributed by atoms with Gasteiger partial charge in [-0.15, -0.1) is 0 Å². The maximum atomic E-state index is 12.6. The molecule has 51 heteroatoms. The van der Waals surface area contributed by atoms with Gasteiger partial charge in [0.15, 0.2) is 62.9 Å². The van der Waals surface area contributed by atoms with E-state index in [0.717, 1.165) is 0 Å². The van der Waals surface area contributed by atoms with Crippen LogP contribution in [-0.2, 0) is 90.0 Å². The van der Waals surface area contributed by atoms with Crippen LogP contribution in [-0.4, -0.2) is 526 Å². The van der Waals surface area contributed by atoms with Crippen LogP contribution >= 0.6 is 0 Å². The van der Waals surface area contributed by atoms with Gasteiger partial charge in [-0.3, -0.25) is 0 Å². The number of aliphatic hydroxyl groups is 30. The van der Waals surface area contributed by atoms with Crippen LogP contribution in [0.3, 0.4) is 0 Å². The topological polar surface area (TPSA) is 834 Å². The Bertz CT molecular complexity index is 2790. The normalized spacial score (nSPS) is 53.2. The van der Waals surface area contributed by atoms with Gasteiger partial charge in [-0.1, -0.05) is 0 Å². The maximum Gasteiger partial charge on any atom is 0.187 e. The van der Waals surface area contributed by atoms with Gasteiger partial charge in [-0.05, 0) is 0 Å². The third-order valence-corrected chi connectivity index (χ3v) is 21.0. The Morgan fingerprint density at radius 1 is 0.225 bits per heavy atom. The first-order valence-corrected chi connectivity index (χ1v) is 35.4. The van der Waals surface area contributed by atoms with Crippen molar-refractivity contribution in [2.75, 3.05) is 66.1 Å². The summed E-state index contributed by atoms with van der Waals surface area (Å²) >= 11 is 0. The van der Waals surface area contributed by atoms with Gasteiger partial charge in [-0.2, -0.15) is 0 Å². The zero-order chi connectivity index (χ0) is 81.4. The first-order chi connectivity index (χ1) is 52.6. The lowest BCUT2D eigenvalue weighted by molar-refractivity contribution is -0.408. The van der Waals surface area contributed by atoms with Gasteiger partial charge >= 0.3 is 0 Å². The van der Waals surface area contributed by atoms with Gasteiger partial charge in [0.25, 0.3) is 0 Å². The zero-order valence-corrected chi connectivity index (χ0v) is 58.3. The Morgan fingerprint density at radius 2 is 0.505 bits per heavy atom. The van der Waals surface area contributed by atoms with E-state index in [0.29, 0.717) is 0 Å². The minimum Gasteiger partial charge on any atom is -0.394 e. The smallest absolute Gasteiger partial charge is 0.187 e. The molecule has 0 bridgehead atoms. The quantitative estimate of drug-likeness (QED) is 0.0331. The number of hydrogen-bond donors (Lipinski definition) is 32. The van der Waals surface area contributed by atoms with Crippen LogP contribution in [0.5, 0.6) is 0 Å². The molecule has 0 aromatic heterocycles. The van der Waals surface area contributed by atoms with Crippen molar-refractivity contribution in [3.63, 3.8) is 0 Å². The van der Waals surface area contributed by atoms with Crippen LogP contribution in [0.15, 0.2) is 0 Å². The van der Waals surface area contributed by atoms with Crippen LogP contribution in [0, 0.1) is 0 Å². The fourth-order valence-electron chi connectivity index (χ4n) is 14.3. The largest absolute Gasteiger partial charge is 0.394 e. The average molecular weight is 1640 g/mol. The summed E-state index contributed by atoms with van der Waals surface area (Å²) in [5.41, 5.74) is 12.3. The molecule has 51 nitrogen and oxygen atoms in total. The van der Waals surface area contributed by atoms with Crippen molar-refractivity contribution in [3.8, 4) is 0 Å². The van der Waals surface area contributed by atoms with E-state index in [1.807, 2.05) is 0 Å². The average Bonchev–Trinajstić information content (AvgIpc) is 0.915. The maximum absolute atomic E-state index is 12.6. The van der Waals surface area contributed by atoms with Gasteiger partial charge in [0.05, 0.1) is 78.2 Å². The van der Waals surface area contributed by atoms with Crippen LogP contribution in [0.25, 0.3) is 0 Å². The second-order valence-corrected chi connectivity index (χ2v) is 28.2. The van der Waals surface area contributed by atoms with Gasteiger partial charge in [0.1, 0.15) is 232 Å². The van der Waals surface area contributed by atoms with Gasteiger partial charge in [-0.25, -0.2) is 0 Å². The Morgan fingerprint density at radius 3 is 0.928 bits per heavy atom. The first-order valence-electron chi connectivity index (χ1n) is 35.4. The van der Waals surface area contributed by atoms with E-state index in [4.69, 9.17) is 101 Å². The number of rotatable bonds is 29. The standard InChI is InChI=1S/C60H104N2O49/c61-21-30(79)44(17(7-69)95-51(21)92)105-52-22(62)31(80)45(18(8-70)101-52)106-57-42(91)47(108-59-50(36(85)27(76)15(5-67)99-59)111-60-49(35(84)26(75)16(6-68)100-60)109-55-39(88)33(82)24(73)13(3-65)97-55)29(78)20(103-57)10-94-54-41(90)46(28(77)19(102-54)9-93-53-38(87)32(81)23(72)12(2-64)96-53)107-58-48(34(83)25(74)14(4-66)98-58)110-56-40(89)37(86)43(104-56)11(71)1-63/h11-60,63-92H,1-10,61-62H2/t11-,12-,13-,14-,15-,16-,17-,18-,19-,20-,21-,22-,23-,24-,25-,26-,27-,28-,29-,30-,31-,32+,33+,34+,35+,36+,37-,38+,39+,40-,41+,42+,43+,44-,45-,46+,47+,48+,49+,50+,51-,52+,53+,54+,55-,56-,57+,58-,59-,60-/m1/s1. The lowest BCUT2D eigenvalue weighted by atomic mass is 9.94. The molecule has 0 radical (unpaired) electrons. The Balaban J connectivity index is 0.981. The van der Waals surface area contributed by atoms with E-state index in [1.54, 1.807) is 0 Å². The van der Waals surface area contributed by atoms with E-state index in [1.165, 1.54) is 0 Å². The van der Waals surface area contributed by atoms with Crippen LogP contribution < -0.4 is 11.5 Å². The lowest BCUT2D eigenvalue weighted by Crippen LogP contribution is -2.69. The highest BCUT2D eigenvalue weighted by Gasteiger charge is 2.61. The van der Waals surface area contributed by atoms with Gasteiger partial charge < -0.3 is 255 Å². The molecule has 0 spiro atoms. The molecule has 10 rings (SSSR count). The zero-order valence-electron chi connectivity index (χ0n) is 58.3. The fraction of sp³-hybridized carbons (Fsp3) is 1.00. The molecule has 10 aliphatic heterocycles. The molecule has 50 atom stereocenters. The second kappa shape index (κ2) is 39.4. The molecule has 0 aromatic carbocycles. The predicted molar refractivity (Wildman–Crippen MR) is 334 cm³/mol. The van der Waals surface area contributed by atoms with Crippen molar-refractivity contribution in [3.05, 3.63) is 0 Å². The number of nitrogens with two attached hydrogens (primary N) is 2. The van der Waals surface area contributed by atoms with Crippen LogP contribution in [0.1, 0.15) is 0 Å².